The molecule has 0 spiro atoms. The summed E-state index contributed by atoms with van der Waals surface area (Å²) in [6.45, 7) is 0.0793. The van der Waals surface area contributed by atoms with Crippen molar-refractivity contribution in [3.8, 4) is 11.1 Å². The van der Waals surface area contributed by atoms with Crippen molar-refractivity contribution in [2.75, 3.05) is 0 Å². The average molecular weight is 474 g/mol. The lowest BCUT2D eigenvalue weighted by atomic mass is 10.0. The van der Waals surface area contributed by atoms with Gasteiger partial charge in [0.05, 0.1) is 12.7 Å². The Morgan fingerprint density at radius 2 is 1.71 bits per heavy atom. The predicted octanol–water partition coefficient (Wildman–Crippen LogP) is 2.62. The second-order valence-corrected chi connectivity index (χ2v) is 8.55. The molecule has 2 amide bonds. The maximum Gasteiger partial charge on any atom is 0.289 e. The van der Waals surface area contributed by atoms with Crippen molar-refractivity contribution in [2.24, 2.45) is 0 Å². The van der Waals surface area contributed by atoms with Gasteiger partial charge >= 0.3 is 0 Å². The molecule has 8 nitrogen and oxygen atoms in total. The van der Waals surface area contributed by atoms with Crippen LogP contribution in [0.2, 0.25) is 0 Å². The predicted molar refractivity (Wildman–Crippen MR) is 129 cm³/mol. The van der Waals surface area contributed by atoms with Gasteiger partial charge < -0.3 is 10.6 Å². The van der Waals surface area contributed by atoms with E-state index in [2.05, 4.69) is 20.7 Å². The molecule has 1 atom stereocenters. The number of carbonyl (C=O) groups excluding carboxylic acids is 3. The number of benzene rings is 2. The van der Waals surface area contributed by atoms with E-state index in [4.69, 9.17) is 0 Å². The number of ketones is 1. The maximum atomic E-state index is 12.9. The summed E-state index contributed by atoms with van der Waals surface area (Å²) in [6.07, 6.45) is 5.28. The molecule has 0 radical (unpaired) electrons. The third kappa shape index (κ3) is 6.23. The Hall–Kier alpha value is -4.11. The molecule has 0 unspecified atom stereocenters. The molecule has 172 valence electrons. The number of nitrogens with zero attached hydrogens (tertiary/aromatic N) is 3. The van der Waals surface area contributed by atoms with E-state index in [1.807, 2.05) is 60.7 Å². The summed E-state index contributed by atoms with van der Waals surface area (Å²) in [5.41, 5.74) is 2.70. The number of hydrogen-bond acceptors (Lipinski definition) is 6. The second kappa shape index (κ2) is 11.2. The third-order valence-corrected chi connectivity index (χ3v) is 5.87. The van der Waals surface area contributed by atoms with Gasteiger partial charge in [-0.05, 0) is 11.1 Å². The molecule has 0 aliphatic carbocycles. The van der Waals surface area contributed by atoms with E-state index < -0.39 is 23.6 Å². The quantitative estimate of drug-likeness (QED) is 0.345. The van der Waals surface area contributed by atoms with Crippen LogP contribution in [0.1, 0.15) is 10.6 Å². The minimum atomic E-state index is -1.00. The molecule has 0 saturated heterocycles. The molecule has 0 fully saturated rings. The topological polar surface area (TPSA) is 106 Å². The number of Topliss-reactive ketones (excluding diaryl/α,β-unsaturated/α-hetero) is 1. The number of aromatic nitrogens is 3. The van der Waals surface area contributed by atoms with Gasteiger partial charge in [0.2, 0.25) is 11.7 Å². The zero-order valence-electron chi connectivity index (χ0n) is 18.3. The maximum absolute atomic E-state index is 12.9. The van der Waals surface area contributed by atoms with Crippen LogP contribution < -0.4 is 10.6 Å². The van der Waals surface area contributed by atoms with Gasteiger partial charge in [0.1, 0.15) is 17.6 Å². The average Bonchev–Trinajstić information content (AvgIpc) is 3.55. The van der Waals surface area contributed by atoms with E-state index in [1.54, 1.807) is 24.0 Å². The Bertz CT molecular complexity index is 1240. The Balaban J connectivity index is 1.42. The van der Waals surface area contributed by atoms with Crippen LogP contribution in [0.25, 0.3) is 11.1 Å². The zero-order chi connectivity index (χ0) is 23.8. The lowest BCUT2D eigenvalue weighted by Gasteiger charge is -2.17. The third-order valence-electron chi connectivity index (χ3n) is 5.09. The summed E-state index contributed by atoms with van der Waals surface area (Å²) < 4.78 is 1.50. The normalized spacial score (nSPS) is 11.5. The van der Waals surface area contributed by atoms with Gasteiger partial charge in [-0.25, -0.2) is 4.98 Å². The first-order valence-electron chi connectivity index (χ1n) is 10.7. The zero-order valence-corrected chi connectivity index (χ0v) is 19.1. The number of thiazole rings is 1. The van der Waals surface area contributed by atoms with Crippen LogP contribution in [-0.4, -0.2) is 38.4 Å². The Kier molecular flexibility index (Phi) is 7.56. The lowest BCUT2D eigenvalue weighted by Crippen LogP contribution is -2.49. The summed E-state index contributed by atoms with van der Waals surface area (Å²) in [5, 5.41) is 12.0. The number of carbonyl (C=O) groups is 3. The van der Waals surface area contributed by atoms with E-state index in [0.717, 1.165) is 16.7 Å². The fourth-order valence-electron chi connectivity index (χ4n) is 3.42. The van der Waals surface area contributed by atoms with E-state index in [-0.39, 0.29) is 19.5 Å². The fourth-order valence-corrected chi connectivity index (χ4v) is 3.97. The van der Waals surface area contributed by atoms with Crippen molar-refractivity contribution in [2.45, 2.75) is 25.6 Å². The molecule has 4 aromatic rings. The fraction of sp³-hybridized carbons (Fsp3) is 0.160. The highest BCUT2D eigenvalue weighted by atomic mass is 32.1. The Morgan fingerprint density at radius 1 is 0.971 bits per heavy atom. The molecule has 2 aromatic carbocycles. The molecular weight excluding hydrogens is 450 g/mol. The first-order valence-corrected chi connectivity index (χ1v) is 11.6. The Labute approximate surface area is 200 Å². The van der Waals surface area contributed by atoms with Crippen LogP contribution in [0.15, 0.2) is 84.6 Å². The van der Waals surface area contributed by atoms with Gasteiger partial charge in [-0.15, -0.1) is 11.3 Å². The molecule has 34 heavy (non-hydrogen) atoms. The molecule has 9 heteroatoms. The smallest absolute Gasteiger partial charge is 0.289 e. The number of nitrogens with one attached hydrogen (secondary N) is 2. The number of amides is 2. The number of rotatable bonds is 10. The Morgan fingerprint density at radius 3 is 2.41 bits per heavy atom. The number of hydrogen-bond donors (Lipinski definition) is 2. The largest absolute Gasteiger partial charge is 0.344 e. The molecule has 4 rings (SSSR count). The highest BCUT2D eigenvalue weighted by Crippen LogP contribution is 2.17. The van der Waals surface area contributed by atoms with Gasteiger partial charge in [0.15, 0.2) is 0 Å². The molecule has 0 saturated carbocycles. The summed E-state index contributed by atoms with van der Waals surface area (Å²) in [6, 6.07) is 17.9. The van der Waals surface area contributed by atoms with Crippen LogP contribution in [0, 0.1) is 0 Å². The molecule has 0 aliphatic heterocycles. The summed E-state index contributed by atoms with van der Waals surface area (Å²) in [7, 11) is 0. The van der Waals surface area contributed by atoms with Crippen LogP contribution in [0.4, 0.5) is 0 Å². The van der Waals surface area contributed by atoms with Gasteiger partial charge in [-0.2, -0.15) is 5.10 Å². The van der Waals surface area contributed by atoms with E-state index in [0.29, 0.717) is 5.01 Å². The van der Waals surface area contributed by atoms with Gasteiger partial charge in [-0.1, -0.05) is 60.7 Å². The van der Waals surface area contributed by atoms with Crippen LogP contribution in [0.3, 0.4) is 0 Å². The molecule has 0 aliphatic rings. The van der Waals surface area contributed by atoms with Crippen LogP contribution in [0.5, 0.6) is 0 Å². The summed E-state index contributed by atoms with van der Waals surface area (Å²) in [5.74, 6) is -1.88. The first kappa shape index (κ1) is 23.1. The molecule has 2 N–H and O–H groups in total. The molecule has 0 bridgehead atoms. The SMILES string of the molecule is O=C(Cn1cc(-c2ccccc2)cn1)N[C@H](Cc1ccccc1)C(=O)C(=O)NCc1nccs1. The van der Waals surface area contributed by atoms with Crippen molar-refractivity contribution in [3.05, 3.63) is 95.2 Å². The molecular formula is C25H23N5O3S. The first-order chi connectivity index (χ1) is 16.6. The van der Waals surface area contributed by atoms with Crippen molar-refractivity contribution >= 4 is 28.9 Å². The highest BCUT2D eigenvalue weighted by molar-refractivity contribution is 7.09. The van der Waals surface area contributed by atoms with Crippen molar-refractivity contribution < 1.29 is 14.4 Å². The van der Waals surface area contributed by atoms with Crippen molar-refractivity contribution in [3.63, 3.8) is 0 Å². The molecule has 2 aromatic heterocycles. The standard InChI is InChI=1S/C25H23N5O3S/c31-22(17-30-16-20(14-28-30)19-9-5-2-6-10-19)29-21(13-18-7-3-1-4-8-18)24(32)25(33)27-15-23-26-11-12-34-23/h1-12,14,16,21H,13,15,17H2,(H,27,33)(H,29,31)/t21-/m1/s1. The van der Waals surface area contributed by atoms with Gasteiger partial charge in [0, 0.05) is 29.8 Å². The van der Waals surface area contributed by atoms with Gasteiger partial charge in [-0.3, -0.25) is 19.1 Å². The minimum absolute atomic E-state index is 0.0772. The van der Waals surface area contributed by atoms with Crippen molar-refractivity contribution in [1.82, 2.24) is 25.4 Å². The highest BCUT2D eigenvalue weighted by Gasteiger charge is 2.27. The van der Waals surface area contributed by atoms with E-state index in [9.17, 15) is 14.4 Å². The lowest BCUT2D eigenvalue weighted by molar-refractivity contribution is -0.140. The monoisotopic (exact) mass is 473 g/mol. The van der Waals surface area contributed by atoms with E-state index in [1.165, 1.54) is 16.0 Å². The minimum Gasteiger partial charge on any atom is -0.344 e. The van der Waals surface area contributed by atoms with Crippen molar-refractivity contribution in [1.29, 1.82) is 0 Å². The van der Waals surface area contributed by atoms with Gasteiger partial charge in [0.25, 0.3) is 5.91 Å². The van der Waals surface area contributed by atoms with Crippen LogP contribution >= 0.6 is 11.3 Å². The molecule has 2 heterocycles. The van der Waals surface area contributed by atoms with E-state index >= 15 is 0 Å². The summed E-state index contributed by atoms with van der Waals surface area (Å²) in [4.78, 5) is 42.3. The summed E-state index contributed by atoms with van der Waals surface area (Å²) >= 11 is 1.38. The van der Waals surface area contributed by atoms with Crippen LogP contribution in [-0.2, 0) is 33.9 Å². The second-order valence-electron chi connectivity index (χ2n) is 7.58.